The Balaban J connectivity index is 1.33. The number of carbonyl (C=O) groups excluding carboxylic acids is 1. The zero-order valence-electron chi connectivity index (χ0n) is 20.1. The SMILES string of the molecule is CN(C)C(=O)C1(N2Cc3cc(Cl)ccc3-n3c(nnc3C3CCN(c4ncccn4)CC3)C2)CC1. The van der Waals surface area contributed by atoms with Crippen LogP contribution in [0.5, 0.6) is 0 Å². The highest BCUT2D eigenvalue weighted by molar-refractivity contribution is 6.30. The first-order valence-electron chi connectivity index (χ1n) is 12.2. The zero-order valence-corrected chi connectivity index (χ0v) is 20.8. The summed E-state index contributed by atoms with van der Waals surface area (Å²) in [6.07, 6.45) is 7.20. The van der Waals surface area contributed by atoms with E-state index in [0.717, 1.165) is 67.6 Å². The number of fused-ring (bicyclic) bond motifs is 3. The van der Waals surface area contributed by atoms with Gasteiger partial charge in [-0.3, -0.25) is 14.3 Å². The van der Waals surface area contributed by atoms with Crippen molar-refractivity contribution in [3.63, 3.8) is 0 Å². The fourth-order valence-corrected chi connectivity index (χ4v) is 5.78. The number of anilines is 1. The monoisotopic (exact) mass is 492 g/mol. The highest BCUT2D eigenvalue weighted by Crippen LogP contribution is 2.46. The van der Waals surface area contributed by atoms with E-state index in [1.165, 1.54) is 0 Å². The molecule has 0 N–H and O–H groups in total. The number of amides is 1. The molecule has 35 heavy (non-hydrogen) atoms. The molecule has 0 unspecified atom stereocenters. The lowest BCUT2D eigenvalue weighted by atomic mass is 9.95. The van der Waals surface area contributed by atoms with Gasteiger partial charge in [-0.2, -0.15) is 0 Å². The Morgan fingerprint density at radius 2 is 1.83 bits per heavy atom. The molecule has 4 heterocycles. The number of halogens is 1. The number of carbonyl (C=O) groups is 1. The van der Waals surface area contributed by atoms with Crippen LogP contribution in [0.3, 0.4) is 0 Å². The van der Waals surface area contributed by atoms with Crippen molar-refractivity contribution in [1.82, 2.24) is 34.5 Å². The van der Waals surface area contributed by atoms with Gasteiger partial charge in [-0.15, -0.1) is 10.2 Å². The summed E-state index contributed by atoms with van der Waals surface area (Å²) in [6, 6.07) is 7.86. The molecule has 0 atom stereocenters. The van der Waals surface area contributed by atoms with E-state index in [1.807, 2.05) is 32.3 Å². The number of aromatic nitrogens is 5. The van der Waals surface area contributed by atoms with Crippen LogP contribution in [0.25, 0.3) is 5.69 Å². The van der Waals surface area contributed by atoms with E-state index in [2.05, 4.69) is 35.5 Å². The average molecular weight is 493 g/mol. The third kappa shape index (κ3) is 3.87. The summed E-state index contributed by atoms with van der Waals surface area (Å²) >= 11 is 6.43. The highest BCUT2D eigenvalue weighted by atomic mass is 35.5. The van der Waals surface area contributed by atoms with E-state index < -0.39 is 5.54 Å². The largest absolute Gasteiger partial charge is 0.347 e. The third-order valence-corrected chi connectivity index (χ3v) is 7.79. The van der Waals surface area contributed by atoms with Gasteiger partial charge in [0.1, 0.15) is 11.4 Å². The number of nitrogens with zero attached hydrogens (tertiary/aromatic N) is 8. The first-order valence-corrected chi connectivity index (χ1v) is 12.6. The van der Waals surface area contributed by atoms with E-state index >= 15 is 0 Å². The van der Waals surface area contributed by atoms with Crippen LogP contribution in [-0.4, -0.2) is 73.2 Å². The van der Waals surface area contributed by atoms with E-state index in [9.17, 15) is 4.79 Å². The van der Waals surface area contributed by atoms with Crippen molar-refractivity contribution in [1.29, 1.82) is 0 Å². The van der Waals surface area contributed by atoms with Crippen molar-refractivity contribution < 1.29 is 4.79 Å². The summed E-state index contributed by atoms with van der Waals surface area (Å²) < 4.78 is 2.22. The van der Waals surface area contributed by atoms with Crippen LogP contribution in [-0.2, 0) is 17.9 Å². The number of rotatable bonds is 4. The maximum Gasteiger partial charge on any atom is 0.242 e. The van der Waals surface area contributed by atoms with Crippen LogP contribution in [0.15, 0.2) is 36.7 Å². The summed E-state index contributed by atoms with van der Waals surface area (Å²) in [7, 11) is 3.66. The molecule has 1 saturated heterocycles. The molecule has 0 spiro atoms. The Hall–Kier alpha value is -3.04. The van der Waals surface area contributed by atoms with Crippen molar-refractivity contribution in [3.8, 4) is 5.69 Å². The maximum atomic E-state index is 13.1. The van der Waals surface area contributed by atoms with Crippen LogP contribution in [0.1, 0.15) is 48.8 Å². The molecule has 0 radical (unpaired) electrons. The quantitative estimate of drug-likeness (QED) is 0.553. The van der Waals surface area contributed by atoms with Gasteiger partial charge in [-0.1, -0.05) is 11.6 Å². The predicted octanol–water partition coefficient (Wildman–Crippen LogP) is 3.03. The second-order valence-corrected chi connectivity index (χ2v) is 10.4. The predicted molar refractivity (Wildman–Crippen MR) is 132 cm³/mol. The molecule has 1 amide bonds. The van der Waals surface area contributed by atoms with Crippen LogP contribution in [0.2, 0.25) is 5.02 Å². The molecule has 1 aliphatic carbocycles. The van der Waals surface area contributed by atoms with E-state index in [-0.39, 0.29) is 11.8 Å². The number of likely N-dealkylation sites (N-methyl/N-ethyl adjacent to an activating group) is 1. The lowest BCUT2D eigenvalue weighted by Crippen LogP contribution is -2.48. The van der Waals surface area contributed by atoms with Gasteiger partial charge in [0.25, 0.3) is 0 Å². The topological polar surface area (TPSA) is 83.3 Å². The van der Waals surface area contributed by atoms with Gasteiger partial charge in [0.15, 0.2) is 5.82 Å². The Kier molecular flexibility index (Phi) is 5.49. The highest BCUT2D eigenvalue weighted by Gasteiger charge is 2.56. The first-order chi connectivity index (χ1) is 17.0. The molecule has 2 aromatic heterocycles. The summed E-state index contributed by atoms with van der Waals surface area (Å²) in [5, 5.41) is 10.1. The molecule has 0 bridgehead atoms. The molecular weight excluding hydrogens is 464 g/mol. The van der Waals surface area contributed by atoms with Crippen LogP contribution in [0, 0.1) is 0 Å². The zero-order chi connectivity index (χ0) is 24.2. The molecule has 10 heteroatoms. The molecular formula is C25H29ClN8O. The minimum atomic E-state index is -0.467. The molecule has 3 aromatic rings. The molecule has 3 aliphatic rings. The first kappa shape index (κ1) is 22.4. The lowest BCUT2D eigenvalue weighted by Gasteiger charge is -2.31. The Labute approximate surface area is 209 Å². The van der Waals surface area contributed by atoms with Crippen LogP contribution >= 0.6 is 11.6 Å². The van der Waals surface area contributed by atoms with Crippen molar-refractivity contribution in [2.24, 2.45) is 0 Å². The minimum Gasteiger partial charge on any atom is -0.347 e. The van der Waals surface area contributed by atoms with E-state index in [1.54, 1.807) is 17.3 Å². The summed E-state index contributed by atoms with van der Waals surface area (Å²) in [6.45, 7) is 2.98. The summed E-state index contributed by atoms with van der Waals surface area (Å²) in [5.74, 6) is 3.09. The third-order valence-electron chi connectivity index (χ3n) is 7.56. The van der Waals surface area contributed by atoms with Gasteiger partial charge in [-0.05, 0) is 55.5 Å². The molecule has 2 fully saturated rings. The maximum absolute atomic E-state index is 13.1. The standard InChI is InChI=1S/C25H29ClN8O/c1-31(2)23(35)25(8-9-25)33-15-18-14-19(26)4-5-20(18)34-21(16-33)29-30-22(34)17-6-12-32(13-7-17)24-27-10-3-11-28-24/h3-5,10-11,14,17H,6-9,12-13,15-16H2,1-2H3. The van der Waals surface area contributed by atoms with Crippen molar-refractivity contribution in [3.05, 3.63) is 58.9 Å². The summed E-state index contributed by atoms with van der Waals surface area (Å²) in [5.41, 5.74) is 1.70. The fourth-order valence-electron chi connectivity index (χ4n) is 5.59. The van der Waals surface area contributed by atoms with Crippen molar-refractivity contribution in [2.45, 2.75) is 50.2 Å². The number of hydrogen-bond donors (Lipinski definition) is 0. The summed E-state index contributed by atoms with van der Waals surface area (Å²) in [4.78, 5) is 28.2. The minimum absolute atomic E-state index is 0.157. The Morgan fingerprint density at radius 3 is 2.51 bits per heavy atom. The average Bonchev–Trinajstić information content (AvgIpc) is 3.61. The lowest BCUT2D eigenvalue weighted by molar-refractivity contribution is -0.136. The molecule has 6 rings (SSSR count). The van der Waals surface area contributed by atoms with Gasteiger partial charge < -0.3 is 9.80 Å². The van der Waals surface area contributed by atoms with E-state index in [0.29, 0.717) is 18.1 Å². The molecule has 182 valence electrons. The fraction of sp³-hybridized carbons (Fsp3) is 0.480. The molecule has 2 aliphatic heterocycles. The smallest absolute Gasteiger partial charge is 0.242 e. The Bertz CT molecular complexity index is 1250. The number of benzene rings is 1. The molecule has 9 nitrogen and oxygen atoms in total. The van der Waals surface area contributed by atoms with Gasteiger partial charge in [0.2, 0.25) is 11.9 Å². The second kappa shape index (κ2) is 8.57. The van der Waals surface area contributed by atoms with Crippen molar-refractivity contribution >= 4 is 23.5 Å². The Morgan fingerprint density at radius 1 is 1.09 bits per heavy atom. The number of hydrogen-bond acceptors (Lipinski definition) is 7. The number of piperidine rings is 1. The van der Waals surface area contributed by atoms with Gasteiger partial charge in [-0.25, -0.2) is 9.97 Å². The van der Waals surface area contributed by atoms with Crippen LogP contribution in [0.4, 0.5) is 5.95 Å². The normalized spacial score (nSPS) is 19.6. The molecule has 1 saturated carbocycles. The molecule has 1 aromatic carbocycles. The van der Waals surface area contributed by atoms with Gasteiger partial charge >= 0.3 is 0 Å². The van der Waals surface area contributed by atoms with Crippen molar-refractivity contribution in [2.75, 3.05) is 32.1 Å². The van der Waals surface area contributed by atoms with Gasteiger partial charge in [0, 0.05) is 57.1 Å². The second-order valence-electron chi connectivity index (χ2n) is 9.98. The van der Waals surface area contributed by atoms with E-state index in [4.69, 9.17) is 16.7 Å². The van der Waals surface area contributed by atoms with Gasteiger partial charge in [0.05, 0.1) is 12.2 Å². The van der Waals surface area contributed by atoms with Crippen LogP contribution < -0.4 is 4.90 Å².